The van der Waals surface area contributed by atoms with Gasteiger partial charge >= 0.3 is 18.2 Å². The number of hydrogen-bond acceptors (Lipinski definition) is 3. The third kappa shape index (κ3) is 4.43. The Bertz CT molecular complexity index is 667. The Labute approximate surface area is 143 Å². The van der Waals surface area contributed by atoms with Crippen LogP contribution < -0.4 is 0 Å². The number of nitrogens with zero attached hydrogens (tertiary/aromatic N) is 1. The van der Waals surface area contributed by atoms with Crippen molar-refractivity contribution >= 4 is 12.1 Å². The summed E-state index contributed by atoms with van der Waals surface area (Å²) in [5, 5.41) is 9.35. The molecule has 0 aromatic heterocycles. The van der Waals surface area contributed by atoms with Gasteiger partial charge in [0.1, 0.15) is 11.6 Å². The molecule has 2 rings (SSSR count). The Hall–Kier alpha value is -2.25. The van der Waals surface area contributed by atoms with E-state index in [4.69, 9.17) is 4.74 Å². The van der Waals surface area contributed by atoms with Crippen molar-refractivity contribution in [3.05, 3.63) is 35.4 Å². The number of benzene rings is 1. The monoisotopic (exact) mass is 359 g/mol. The van der Waals surface area contributed by atoms with Crippen LogP contribution in [0.3, 0.4) is 0 Å². The maximum atomic E-state index is 13.2. The number of carbonyl (C=O) groups excluding carboxylic acids is 1. The smallest absolute Gasteiger partial charge is 0.416 e. The molecule has 5 nitrogen and oxygen atoms in total. The fourth-order valence-corrected chi connectivity index (χ4v) is 2.93. The summed E-state index contributed by atoms with van der Waals surface area (Å²) in [6.45, 7) is 4.76. The highest BCUT2D eigenvalue weighted by Crippen LogP contribution is 2.40. The quantitative estimate of drug-likeness (QED) is 0.870. The SMILES string of the molecule is CC(C)(C)OC(=O)N1CC(c2ccccc2C(F)(F)F)C[C@@H]1C(=O)O. The number of likely N-dealkylation sites (tertiary alicyclic amines) is 1. The molecule has 0 bridgehead atoms. The molecule has 1 aromatic carbocycles. The van der Waals surface area contributed by atoms with Crippen LogP contribution in [-0.4, -0.2) is 40.3 Å². The van der Waals surface area contributed by atoms with Gasteiger partial charge in [0.15, 0.2) is 0 Å². The van der Waals surface area contributed by atoms with Crippen molar-refractivity contribution in [1.29, 1.82) is 0 Å². The van der Waals surface area contributed by atoms with Crippen LogP contribution in [-0.2, 0) is 15.7 Å². The minimum absolute atomic E-state index is 0.00712. The predicted octanol–water partition coefficient (Wildman–Crippen LogP) is 3.88. The number of rotatable bonds is 2. The highest BCUT2D eigenvalue weighted by Gasteiger charge is 2.44. The molecular formula is C17H20F3NO4. The lowest BCUT2D eigenvalue weighted by Crippen LogP contribution is -2.43. The lowest BCUT2D eigenvalue weighted by Gasteiger charge is -2.27. The molecule has 0 aliphatic carbocycles. The second-order valence-corrected chi connectivity index (χ2v) is 7.00. The van der Waals surface area contributed by atoms with Crippen molar-refractivity contribution < 1.29 is 32.6 Å². The summed E-state index contributed by atoms with van der Waals surface area (Å²) in [7, 11) is 0. The zero-order valence-corrected chi connectivity index (χ0v) is 14.1. The largest absolute Gasteiger partial charge is 0.480 e. The van der Waals surface area contributed by atoms with Crippen molar-refractivity contribution in [2.45, 2.75) is 50.9 Å². The predicted molar refractivity (Wildman–Crippen MR) is 83.2 cm³/mol. The van der Waals surface area contributed by atoms with Crippen molar-refractivity contribution in [2.24, 2.45) is 0 Å². The molecule has 1 N–H and O–H groups in total. The van der Waals surface area contributed by atoms with E-state index >= 15 is 0 Å². The lowest BCUT2D eigenvalue weighted by atomic mass is 9.92. The van der Waals surface area contributed by atoms with Crippen LogP contribution >= 0.6 is 0 Å². The molecule has 25 heavy (non-hydrogen) atoms. The fourth-order valence-electron chi connectivity index (χ4n) is 2.93. The van der Waals surface area contributed by atoms with Crippen molar-refractivity contribution in [1.82, 2.24) is 4.90 Å². The normalized spacial score (nSPS) is 21.3. The van der Waals surface area contributed by atoms with Gasteiger partial charge in [-0.05, 0) is 38.8 Å². The molecule has 1 fully saturated rings. The average molecular weight is 359 g/mol. The minimum atomic E-state index is -4.55. The summed E-state index contributed by atoms with van der Waals surface area (Å²) in [6, 6.07) is 3.81. The van der Waals surface area contributed by atoms with E-state index in [1.165, 1.54) is 18.2 Å². The number of alkyl halides is 3. The van der Waals surface area contributed by atoms with Gasteiger partial charge in [0.2, 0.25) is 0 Å². The van der Waals surface area contributed by atoms with Crippen LogP contribution in [0.4, 0.5) is 18.0 Å². The second kappa shape index (κ2) is 6.57. The molecule has 1 aliphatic rings. The molecule has 2 atom stereocenters. The third-order valence-electron chi connectivity index (χ3n) is 3.92. The summed E-state index contributed by atoms with van der Waals surface area (Å²) >= 11 is 0. The molecule has 0 radical (unpaired) electrons. The fraction of sp³-hybridized carbons (Fsp3) is 0.529. The van der Waals surface area contributed by atoms with Gasteiger partial charge in [-0.1, -0.05) is 18.2 Å². The molecule has 1 amide bonds. The van der Waals surface area contributed by atoms with Gasteiger partial charge in [-0.15, -0.1) is 0 Å². The van der Waals surface area contributed by atoms with E-state index in [2.05, 4.69) is 0 Å². The summed E-state index contributed by atoms with van der Waals surface area (Å²) in [5.74, 6) is -2.00. The molecule has 1 heterocycles. The molecule has 1 aliphatic heterocycles. The first-order valence-corrected chi connectivity index (χ1v) is 7.78. The Morgan fingerprint density at radius 2 is 1.80 bits per heavy atom. The molecule has 1 saturated heterocycles. The van der Waals surface area contributed by atoms with Crippen molar-refractivity contribution in [2.75, 3.05) is 6.54 Å². The van der Waals surface area contributed by atoms with Gasteiger partial charge in [0.05, 0.1) is 5.56 Å². The van der Waals surface area contributed by atoms with Crippen LogP contribution in [0.2, 0.25) is 0 Å². The molecule has 1 unspecified atom stereocenters. The number of ether oxygens (including phenoxy) is 1. The average Bonchev–Trinajstić information content (AvgIpc) is 2.90. The van der Waals surface area contributed by atoms with Crippen molar-refractivity contribution in [3.63, 3.8) is 0 Å². The van der Waals surface area contributed by atoms with E-state index in [1.807, 2.05) is 0 Å². The number of halogens is 3. The second-order valence-electron chi connectivity index (χ2n) is 7.00. The van der Waals surface area contributed by atoms with Gasteiger partial charge in [-0.25, -0.2) is 9.59 Å². The standard InChI is InChI=1S/C17H20F3NO4/c1-16(2,3)25-15(24)21-9-10(8-13(21)14(22)23)11-6-4-5-7-12(11)17(18,19)20/h4-7,10,13H,8-9H2,1-3H3,(H,22,23)/t10?,13-/m1/s1. The van der Waals surface area contributed by atoms with Crippen LogP contribution in [0.15, 0.2) is 24.3 Å². The van der Waals surface area contributed by atoms with Gasteiger partial charge in [0, 0.05) is 12.5 Å². The molecule has 0 spiro atoms. The molecular weight excluding hydrogens is 339 g/mol. The number of aliphatic carboxylic acids is 1. The van der Waals surface area contributed by atoms with Crippen molar-refractivity contribution in [3.8, 4) is 0 Å². The highest BCUT2D eigenvalue weighted by molar-refractivity contribution is 5.81. The van der Waals surface area contributed by atoms with Crippen LogP contribution in [0.25, 0.3) is 0 Å². The highest BCUT2D eigenvalue weighted by atomic mass is 19.4. The zero-order valence-electron chi connectivity index (χ0n) is 14.1. The summed E-state index contributed by atoms with van der Waals surface area (Å²) < 4.78 is 44.8. The first kappa shape index (κ1) is 19.1. The minimum Gasteiger partial charge on any atom is -0.480 e. The third-order valence-corrected chi connectivity index (χ3v) is 3.92. The van der Waals surface area contributed by atoms with E-state index in [0.29, 0.717) is 0 Å². The van der Waals surface area contributed by atoms with Gasteiger partial charge in [-0.2, -0.15) is 13.2 Å². The Balaban J connectivity index is 2.32. The number of amides is 1. The van der Waals surface area contributed by atoms with E-state index in [9.17, 15) is 27.9 Å². The first-order valence-electron chi connectivity index (χ1n) is 7.78. The van der Waals surface area contributed by atoms with E-state index in [1.54, 1.807) is 20.8 Å². The van der Waals surface area contributed by atoms with E-state index in [0.717, 1.165) is 11.0 Å². The maximum absolute atomic E-state index is 13.2. The van der Waals surface area contributed by atoms with E-state index in [-0.39, 0.29) is 18.5 Å². The van der Waals surface area contributed by atoms with Gasteiger partial charge in [-0.3, -0.25) is 4.90 Å². The summed E-state index contributed by atoms with van der Waals surface area (Å²) in [4.78, 5) is 24.7. The van der Waals surface area contributed by atoms with Gasteiger partial charge < -0.3 is 9.84 Å². The van der Waals surface area contributed by atoms with E-state index < -0.39 is 41.4 Å². The number of carboxylic acid groups (broad SMARTS) is 1. The molecule has 8 heteroatoms. The number of hydrogen-bond donors (Lipinski definition) is 1. The molecule has 138 valence electrons. The Morgan fingerprint density at radius 3 is 2.32 bits per heavy atom. The zero-order chi connectivity index (χ0) is 19.0. The van der Waals surface area contributed by atoms with Crippen LogP contribution in [0.1, 0.15) is 44.2 Å². The number of carboxylic acids is 1. The van der Waals surface area contributed by atoms with Gasteiger partial charge in [0.25, 0.3) is 0 Å². The molecule has 1 aromatic rings. The lowest BCUT2D eigenvalue weighted by molar-refractivity contribution is -0.142. The number of carbonyl (C=O) groups is 2. The Morgan fingerprint density at radius 1 is 1.20 bits per heavy atom. The first-order chi connectivity index (χ1) is 11.4. The molecule has 0 saturated carbocycles. The summed E-state index contributed by atoms with van der Waals surface area (Å²) in [5.41, 5.74) is -1.65. The summed E-state index contributed by atoms with van der Waals surface area (Å²) in [6.07, 6.45) is -5.48. The van der Waals surface area contributed by atoms with Crippen LogP contribution in [0, 0.1) is 0 Å². The Kier molecular flexibility index (Phi) is 5.02. The van der Waals surface area contributed by atoms with Crippen LogP contribution in [0.5, 0.6) is 0 Å². The topological polar surface area (TPSA) is 66.8 Å². The maximum Gasteiger partial charge on any atom is 0.416 e.